The molecule has 0 saturated carbocycles. The highest BCUT2D eigenvalue weighted by atomic mass is 32.1. The minimum Gasteiger partial charge on any atom is -0.350 e. The van der Waals surface area contributed by atoms with E-state index in [-0.39, 0.29) is 11.4 Å². The molecule has 2 aromatic rings. The summed E-state index contributed by atoms with van der Waals surface area (Å²) in [7, 11) is 0. The van der Waals surface area contributed by atoms with Crippen LogP contribution >= 0.6 is 11.3 Å². The van der Waals surface area contributed by atoms with Gasteiger partial charge in [0.1, 0.15) is 0 Å². The third kappa shape index (κ3) is 3.05. The van der Waals surface area contributed by atoms with Crippen LogP contribution < -0.4 is 11.1 Å². The topological polar surface area (TPSA) is 55.1 Å². The highest BCUT2D eigenvalue weighted by Gasteiger charge is 2.14. The molecule has 1 aromatic carbocycles. The van der Waals surface area contributed by atoms with Gasteiger partial charge in [-0.1, -0.05) is 18.2 Å². The Bertz CT molecular complexity index is 507. The van der Waals surface area contributed by atoms with Crippen LogP contribution in [0.5, 0.6) is 0 Å². The molecule has 3 nitrogen and oxygen atoms in total. The predicted octanol–water partition coefficient (Wildman–Crippen LogP) is 2.37. The molecule has 0 bridgehead atoms. The molecule has 0 aliphatic carbocycles. The molecule has 0 fully saturated rings. The number of amides is 1. The second-order valence-corrected chi connectivity index (χ2v) is 5.90. The number of nitrogens with one attached hydrogen (secondary N) is 1. The zero-order valence-electron chi connectivity index (χ0n) is 9.99. The number of carbonyl (C=O) groups excluding carboxylic acids is 1. The van der Waals surface area contributed by atoms with Gasteiger partial charge in [-0.2, -0.15) is 0 Å². The van der Waals surface area contributed by atoms with Gasteiger partial charge in [0.05, 0.1) is 4.88 Å². The number of fused-ring (bicyclic) bond motifs is 1. The number of carbonyl (C=O) groups is 1. The highest BCUT2D eigenvalue weighted by Crippen LogP contribution is 2.24. The highest BCUT2D eigenvalue weighted by molar-refractivity contribution is 7.20. The maximum atomic E-state index is 11.9. The smallest absolute Gasteiger partial charge is 0.261 e. The Hall–Kier alpha value is -1.39. The summed E-state index contributed by atoms with van der Waals surface area (Å²) >= 11 is 1.50. The molecule has 0 radical (unpaired) electrons. The van der Waals surface area contributed by atoms with Crippen molar-refractivity contribution in [2.75, 3.05) is 6.54 Å². The maximum Gasteiger partial charge on any atom is 0.261 e. The summed E-state index contributed by atoms with van der Waals surface area (Å²) in [4.78, 5) is 12.6. The molecule has 0 atom stereocenters. The normalized spacial score (nSPS) is 11.7. The number of rotatable bonds is 3. The first-order chi connectivity index (χ1) is 7.96. The van der Waals surface area contributed by atoms with Crippen molar-refractivity contribution in [1.82, 2.24) is 5.32 Å². The molecule has 17 heavy (non-hydrogen) atoms. The molecule has 4 heteroatoms. The van der Waals surface area contributed by atoms with Gasteiger partial charge < -0.3 is 11.1 Å². The first-order valence-electron chi connectivity index (χ1n) is 5.51. The van der Waals surface area contributed by atoms with Crippen molar-refractivity contribution in [2.45, 2.75) is 19.4 Å². The van der Waals surface area contributed by atoms with Crippen LogP contribution in [-0.4, -0.2) is 18.0 Å². The van der Waals surface area contributed by atoms with E-state index in [0.29, 0.717) is 6.54 Å². The lowest BCUT2D eigenvalue weighted by atomic mass is 10.1. The Morgan fingerprint density at radius 2 is 2.12 bits per heavy atom. The fourth-order valence-corrected chi connectivity index (χ4v) is 2.47. The molecule has 1 amide bonds. The first kappa shape index (κ1) is 12.1. The molecule has 1 heterocycles. The molecule has 0 unspecified atom stereocenters. The summed E-state index contributed by atoms with van der Waals surface area (Å²) in [5.41, 5.74) is 5.44. The van der Waals surface area contributed by atoms with Crippen LogP contribution in [-0.2, 0) is 0 Å². The summed E-state index contributed by atoms with van der Waals surface area (Å²) in [6.07, 6.45) is 0. The summed E-state index contributed by atoms with van der Waals surface area (Å²) in [5.74, 6) is -0.0512. The Kier molecular flexibility index (Phi) is 3.17. The summed E-state index contributed by atoms with van der Waals surface area (Å²) in [6.45, 7) is 4.25. The van der Waals surface area contributed by atoms with Crippen LogP contribution in [0.4, 0.5) is 0 Å². The minimum absolute atomic E-state index is 0.0512. The summed E-state index contributed by atoms with van der Waals surface area (Å²) < 4.78 is 1.13. The van der Waals surface area contributed by atoms with Crippen molar-refractivity contribution in [1.29, 1.82) is 0 Å². The van der Waals surface area contributed by atoms with Gasteiger partial charge in [-0.3, -0.25) is 4.79 Å². The van der Waals surface area contributed by atoms with E-state index >= 15 is 0 Å². The molecule has 0 saturated heterocycles. The van der Waals surface area contributed by atoms with E-state index in [9.17, 15) is 4.79 Å². The van der Waals surface area contributed by atoms with E-state index in [4.69, 9.17) is 5.73 Å². The number of thiophene rings is 1. The Balaban J connectivity index is 2.14. The predicted molar refractivity (Wildman–Crippen MR) is 72.4 cm³/mol. The van der Waals surface area contributed by atoms with Crippen molar-refractivity contribution >= 4 is 27.3 Å². The molecule has 0 spiro atoms. The van der Waals surface area contributed by atoms with Gasteiger partial charge >= 0.3 is 0 Å². The fraction of sp³-hybridized carbons (Fsp3) is 0.308. The lowest BCUT2D eigenvalue weighted by molar-refractivity contribution is 0.0950. The van der Waals surface area contributed by atoms with Gasteiger partial charge in [0.2, 0.25) is 0 Å². The summed E-state index contributed by atoms with van der Waals surface area (Å²) in [5, 5.41) is 3.95. The molecule has 0 aliphatic rings. The third-order valence-electron chi connectivity index (χ3n) is 2.35. The van der Waals surface area contributed by atoms with Gasteiger partial charge in [-0.05, 0) is 31.4 Å². The maximum absolute atomic E-state index is 11.9. The number of benzene rings is 1. The van der Waals surface area contributed by atoms with Gasteiger partial charge in [0.25, 0.3) is 5.91 Å². The van der Waals surface area contributed by atoms with Gasteiger partial charge in [0.15, 0.2) is 0 Å². The second kappa shape index (κ2) is 4.47. The van der Waals surface area contributed by atoms with Crippen molar-refractivity contribution in [3.05, 3.63) is 35.2 Å². The average Bonchev–Trinajstić information content (AvgIpc) is 2.68. The Morgan fingerprint density at radius 1 is 1.41 bits per heavy atom. The SMILES string of the molecule is CC(C)(N)CNC(=O)c1cc2ccccc2s1. The third-order valence-corrected chi connectivity index (χ3v) is 3.47. The Labute approximate surface area is 105 Å². The molecule has 1 aromatic heterocycles. The van der Waals surface area contributed by atoms with E-state index in [1.807, 2.05) is 44.2 Å². The van der Waals surface area contributed by atoms with Gasteiger partial charge in [-0.25, -0.2) is 0 Å². The van der Waals surface area contributed by atoms with Crippen LogP contribution in [0.3, 0.4) is 0 Å². The largest absolute Gasteiger partial charge is 0.350 e. The molecule has 90 valence electrons. The molecular weight excluding hydrogens is 232 g/mol. The van der Waals surface area contributed by atoms with Crippen LogP contribution in [0.15, 0.2) is 30.3 Å². The second-order valence-electron chi connectivity index (χ2n) is 4.82. The average molecular weight is 248 g/mol. The summed E-state index contributed by atoms with van der Waals surface area (Å²) in [6, 6.07) is 9.89. The van der Waals surface area contributed by atoms with Gasteiger partial charge in [-0.15, -0.1) is 11.3 Å². The first-order valence-corrected chi connectivity index (χ1v) is 6.33. The van der Waals surface area contributed by atoms with Crippen molar-refractivity contribution in [3.63, 3.8) is 0 Å². The molecule has 0 aliphatic heterocycles. The van der Waals surface area contributed by atoms with E-state index in [0.717, 1.165) is 15.0 Å². The quantitative estimate of drug-likeness (QED) is 0.876. The molecule has 3 N–H and O–H groups in total. The van der Waals surface area contributed by atoms with Crippen LogP contribution in [0.2, 0.25) is 0 Å². The number of hydrogen-bond donors (Lipinski definition) is 2. The lowest BCUT2D eigenvalue weighted by Crippen LogP contribution is -2.44. The monoisotopic (exact) mass is 248 g/mol. The standard InChI is InChI=1S/C13H16N2OS/c1-13(2,14)8-15-12(16)11-7-9-5-3-4-6-10(9)17-11/h3-7H,8,14H2,1-2H3,(H,15,16). The van der Waals surface area contributed by atoms with Crippen LogP contribution in [0.1, 0.15) is 23.5 Å². The van der Waals surface area contributed by atoms with E-state index in [1.54, 1.807) is 0 Å². The van der Waals surface area contributed by atoms with Gasteiger partial charge in [0, 0.05) is 16.8 Å². The Morgan fingerprint density at radius 3 is 2.76 bits per heavy atom. The zero-order valence-corrected chi connectivity index (χ0v) is 10.8. The van der Waals surface area contributed by atoms with Crippen molar-refractivity contribution < 1.29 is 4.79 Å². The zero-order chi connectivity index (χ0) is 12.5. The van der Waals surface area contributed by atoms with E-state index in [2.05, 4.69) is 5.32 Å². The van der Waals surface area contributed by atoms with Crippen molar-refractivity contribution in [2.24, 2.45) is 5.73 Å². The lowest BCUT2D eigenvalue weighted by Gasteiger charge is -2.18. The van der Waals surface area contributed by atoms with E-state index < -0.39 is 0 Å². The minimum atomic E-state index is -0.383. The van der Waals surface area contributed by atoms with Crippen LogP contribution in [0.25, 0.3) is 10.1 Å². The fourth-order valence-electron chi connectivity index (χ4n) is 1.49. The number of nitrogens with two attached hydrogens (primary N) is 1. The van der Waals surface area contributed by atoms with Crippen LogP contribution in [0, 0.1) is 0 Å². The molecular formula is C13H16N2OS. The molecule has 2 rings (SSSR count). The number of hydrogen-bond acceptors (Lipinski definition) is 3. The van der Waals surface area contributed by atoms with Crippen molar-refractivity contribution in [3.8, 4) is 0 Å². The van der Waals surface area contributed by atoms with E-state index in [1.165, 1.54) is 11.3 Å².